The van der Waals surface area contributed by atoms with Crippen LogP contribution in [0.25, 0.3) is 11.3 Å². The fraction of sp³-hybridized carbons (Fsp3) is 0.333. The Morgan fingerprint density at radius 1 is 1.21 bits per heavy atom. The molecule has 0 atom stereocenters. The molecule has 100 valence electrons. The summed E-state index contributed by atoms with van der Waals surface area (Å²) >= 11 is 3.45. The lowest BCUT2D eigenvalue weighted by Gasteiger charge is -2.11. The molecule has 2 aromatic rings. The summed E-state index contributed by atoms with van der Waals surface area (Å²) in [5.41, 5.74) is 1.88. The van der Waals surface area contributed by atoms with Crippen molar-refractivity contribution in [2.24, 2.45) is 0 Å². The van der Waals surface area contributed by atoms with Crippen molar-refractivity contribution in [2.75, 3.05) is 6.61 Å². The van der Waals surface area contributed by atoms with Gasteiger partial charge in [0.25, 0.3) is 0 Å². The molecule has 4 heteroatoms. The summed E-state index contributed by atoms with van der Waals surface area (Å²) in [5.74, 6) is 1.97. The van der Waals surface area contributed by atoms with E-state index in [1.165, 1.54) is 0 Å². The molecule has 0 unspecified atom stereocenters. The van der Waals surface area contributed by atoms with Crippen LogP contribution < -0.4 is 4.74 Å². The Kier molecular flexibility index (Phi) is 4.53. The third-order valence-corrected chi connectivity index (χ3v) is 3.10. The van der Waals surface area contributed by atoms with E-state index >= 15 is 0 Å². The quantitative estimate of drug-likeness (QED) is 0.782. The predicted octanol–water partition coefficient (Wildman–Crippen LogP) is 4.43. The Morgan fingerprint density at radius 2 is 1.95 bits per heavy atom. The van der Waals surface area contributed by atoms with Crippen LogP contribution in [0.4, 0.5) is 0 Å². The van der Waals surface area contributed by atoms with Gasteiger partial charge in [-0.1, -0.05) is 26.0 Å². The first kappa shape index (κ1) is 14.0. The maximum absolute atomic E-state index is 5.66. The molecule has 0 aliphatic heterocycles. The molecule has 3 nitrogen and oxygen atoms in total. The van der Waals surface area contributed by atoms with Crippen LogP contribution in [0.5, 0.6) is 5.75 Å². The molecular formula is C15H17BrN2O. The van der Waals surface area contributed by atoms with E-state index in [-0.39, 0.29) is 5.92 Å². The number of hydrogen-bond acceptors (Lipinski definition) is 3. The van der Waals surface area contributed by atoms with Crippen molar-refractivity contribution in [1.29, 1.82) is 0 Å². The van der Waals surface area contributed by atoms with Crippen LogP contribution >= 0.6 is 15.9 Å². The Hall–Kier alpha value is -1.42. The minimum absolute atomic E-state index is 0.288. The fourth-order valence-electron chi connectivity index (χ4n) is 1.79. The second-order valence-electron chi connectivity index (χ2n) is 4.52. The number of aromatic nitrogens is 2. The highest BCUT2D eigenvalue weighted by Gasteiger charge is 2.11. The van der Waals surface area contributed by atoms with Crippen molar-refractivity contribution in [3.05, 3.63) is 40.8 Å². The molecule has 0 saturated carbocycles. The molecule has 19 heavy (non-hydrogen) atoms. The van der Waals surface area contributed by atoms with Crippen LogP contribution in [0.15, 0.2) is 34.9 Å². The molecule has 1 aromatic heterocycles. The van der Waals surface area contributed by atoms with Gasteiger partial charge in [0.15, 0.2) is 0 Å². The van der Waals surface area contributed by atoms with Crippen LogP contribution in [0.2, 0.25) is 0 Å². The molecule has 0 N–H and O–H groups in total. The second kappa shape index (κ2) is 6.15. The summed E-state index contributed by atoms with van der Waals surface area (Å²) < 4.78 is 6.45. The first-order chi connectivity index (χ1) is 9.11. The van der Waals surface area contributed by atoms with Crippen molar-refractivity contribution < 1.29 is 4.74 Å². The van der Waals surface area contributed by atoms with E-state index in [1.54, 1.807) is 0 Å². The lowest BCUT2D eigenvalue weighted by molar-refractivity contribution is 0.341. The standard InChI is InChI=1S/C15H17BrN2O/c1-4-19-13-8-6-5-7-11(13)12-9-14(16)18-15(17-12)10(2)3/h5-10H,4H2,1-3H3. The van der Waals surface area contributed by atoms with Crippen LogP contribution in [0.1, 0.15) is 32.5 Å². The normalized spacial score (nSPS) is 10.8. The molecule has 0 aliphatic rings. The molecular weight excluding hydrogens is 304 g/mol. The molecule has 0 bridgehead atoms. The summed E-state index contributed by atoms with van der Waals surface area (Å²) in [5, 5.41) is 0. The van der Waals surface area contributed by atoms with Crippen molar-refractivity contribution in [3.8, 4) is 17.0 Å². The zero-order chi connectivity index (χ0) is 13.8. The fourth-order valence-corrected chi connectivity index (χ4v) is 2.19. The Labute approximate surface area is 122 Å². The smallest absolute Gasteiger partial charge is 0.132 e. The number of halogens is 1. The van der Waals surface area contributed by atoms with Crippen LogP contribution in [0, 0.1) is 0 Å². The Balaban J connectivity index is 2.52. The van der Waals surface area contributed by atoms with Gasteiger partial charge in [0.1, 0.15) is 16.2 Å². The highest BCUT2D eigenvalue weighted by atomic mass is 79.9. The average Bonchev–Trinajstić information content (AvgIpc) is 2.39. The molecule has 0 saturated heterocycles. The molecule has 1 heterocycles. The lowest BCUT2D eigenvalue weighted by atomic mass is 10.1. The number of ether oxygens (including phenoxy) is 1. The maximum Gasteiger partial charge on any atom is 0.132 e. The second-order valence-corrected chi connectivity index (χ2v) is 5.33. The highest BCUT2D eigenvalue weighted by Crippen LogP contribution is 2.30. The summed E-state index contributed by atoms with van der Waals surface area (Å²) in [6.45, 7) is 6.78. The first-order valence-corrected chi connectivity index (χ1v) is 7.17. The van der Waals surface area contributed by atoms with Crippen molar-refractivity contribution in [2.45, 2.75) is 26.7 Å². The van der Waals surface area contributed by atoms with E-state index in [0.29, 0.717) is 6.61 Å². The lowest BCUT2D eigenvalue weighted by Crippen LogP contribution is -2.01. The molecule has 0 radical (unpaired) electrons. The number of rotatable bonds is 4. The summed E-state index contributed by atoms with van der Waals surface area (Å²) in [4.78, 5) is 9.02. The molecule has 0 aliphatic carbocycles. The van der Waals surface area contributed by atoms with E-state index in [0.717, 1.165) is 27.4 Å². The van der Waals surface area contributed by atoms with Gasteiger partial charge in [-0.2, -0.15) is 0 Å². The largest absolute Gasteiger partial charge is 0.493 e. The monoisotopic (exact) mass is 320 g/mol. The van der Waals surface area contributed by atoms with Crippen LogP contribution in [-0.2, 0) is 0 Å². The molecule has 1 aromatic carbocycles. The molecule has 0 fully saturated rings. The highest BCUT2D eigenvalue weighted by molar-refractivity contribution is 9.10. The van der Waals surface area contributed by atoms with E-state index in [2.05, 4.69) is 39.7 Å². The van der Waals surface area contributed by atoms with Gasteiger partial charge >= 0.3 is 0 Å². The zero-order valence-corrected chi connectivity index (χ0v) is 12.9. The number of para-hydroxylation sites is 1. The van der Waals surface area contributed by atoms with Crippen LogP contribution in [0.3, 0.4) is 0 Å². The Morgan fingerprint density at radius 3 is 2.63 bits per heavy atom. The number of nitrogens with zero attached hydrogens (tertiary/aromatic N) is 2. The maximum atomic E-state index is 5.66. The molecule has 0 spiro atoms. The minimum atomic E-state index is 0.288. The average molecular weight is 321 g/mol. The minimum Gasteiger partial charge on any atom is -0.493 e. The summed E-state index contributed by atoms with van der Waals surface area (Å²) in [6.07, 6.45) is 0. The molecule has 0 amide bonds. The van der Waals surface area contributed by atoms with Crippen molar-refractivity contribution in [3.63, 3.8) is 0 Å². The van der Waals surface area contributed by atoms with Gasteiger partial charge < -0.3 is 4.74 Å². The topological polar surface area (TPSA) is 35.0 Å². The van der Waals surface area contributed by atoms with Crippen molar-refractivity contribution in [1.82, 2.24) is 9.97 Å². The summed E-state index contributed by atoms with van der Waals surface area (Å²) in [6, 6.07) is 9.86. The number of benzene rings is 1. The van der Waals surface area contributed by atoms with Gasteiger partial charge in [0.2, 0.25) is 0 Å². The van der Waals surface area contributed by atoms with Gasteiger partial charge in [-0.15, -0.1) is 0 Å². The zero-order valence-electron chi connectivity index (χ0n) is 11.4. The summed E-state index contributed by atoms with van der Waals surface area (Å²) in [7, 11) is 0. The van der Waals surface area contributed by atoms with Crippen molar-refractivity contribution >= 4 is 15.9 Å². The van der Waals surface area contributed by atoms with Gasteiger partial charge in [0, 0.05) is 11.5 Å². The van der Waals surface area contributed by atoms with E-state index in [1.807, 2.05) is 37.3 Å². The number of hydrogen-bond donors (Lipinski definition) is 0. The third-order valence-electron chi connectivity index (χ3n) is 2.69. The van der Waals surface area contributed by atoms with Crippen LogP contribution in [-0.4, -0.2) is 16.6 Å². The van der Waals surface area contributed by atoms with E-state index in [9.17, 15) is 0 Å². The Bertz CT molecular complexity index is 570. The first-order valence-electron chi connectivity index (χ1n) is 6.38. The van der Waals surface area contributed by atoms with Gasteiger partial charge in [-0.25, -0.2) is 9.97 Å². The van der Waals surface area contributed by atoms with E-state index < -0.39 is 0 Å². The SMILES string of the molecule is CCOc1ccccc1-c1cc(Br)nc(C(C)C)n1. The van der Waals surface area contributed by atoms with E-state index in [4.69, 9.17) is 4.74 Å². The van der Waals surface area contributed by atoms with Gasteiger partial charge in [-0.05, 0) is 41.1 Å². The molecule has 2 rings (SSSR count). The van der Waals surface area contributed by atoms with Gasteiger partial charge in [-0.3, -0.25) is 0 Å². The van der Waals surface area contributed by atoms with Gasteiger partial charge in [0.05, 0.1) is 12.3 Å². The predicted molar refractivity (Wildman–Crippen MR) is 80.4 cm³/mol. The third kappa shape index (κ3) is 3.32.